The van der Waals surface area contributed by atoms with Gasteiger partial charge in [0.2, 0.25) is 5.91 Å². The molecule has 0 bridgehead atoms. The fourth-order valence-electron chi connectivity index (χ4n) is 3.39. The molecule has 6 heteroatoms. The second kappa shape index (κ2) is 9.92. The number of benzene rings is 2. The summed E-state index contributed by atoms with van der Waals surface area (Å²) in [5, 5.41) is 5.06. The first-order valence-corrected chi connectivity index (χ1v) is 10.8. The van der Waals surface area contributed by atoms with E-state index >= 15 is 0 Å². The van der Waals surface area contributed by atoms with Crippen LogP contribution in [-0.4, -0.2) is 21.8 Å². The van der Waals surface area contributed by atoms with E-state index in [4.69, 9.17) is 4.98 Å². The molecular formula is C24H26ClN3OS. The molecule has 0 unspecified atom stereocenters. The molecule has 2 aromatic carbocycles. The summed E-state index contributed by atoms with van der Waals surface area (Å²) in [7, 11) is 0. The number of imidazole rings is 1. The van der Waals surface area contributed by atoms with Crippen molar-refractivity contribution in [2.24, 2.45) is 0 Å². The summed E-state index contributed by atoms with van der Waals surface area (Å²) in [6.45, 7) is 4.92. The van der Waals surface area contributed by atoms with Crippen molar-refractivity contribution < 1.29 is 4.79 Å². The number of carbonyl (C=O) groups excluding carboxylic acids is 1. The van der Waals surface area contributed by atoms with Crippen LogP contribution in [0, 0.1) is 13.8 Å². The third kappa shape index (κ3) is 5.10. The number of fused-ring (bicyclic) bond motifs is 1. The number of amides is 1. The number of aromatic nitrogens is 2. The summed E-state index contributed by atoms with van der Waals surface area (Å²) in [4.78, 5) is 18.0. The second-order valence-electron chi connectivity index (χ2n) is 7.42. The van der Waals surface area contributed by atoms with Gasteiger partial charge in [-0.3, -0.25) is 9.20 Å². The monoisotopic (exact) mass is 439 g/mol. The van der Waals surface area contributed by atoms with Gasteiger partial charge in [0, 0.05) is 29.4 Å². The van der Waals surface area contributed by atoms with E-state index in [9.17, 15) is 4.79 Å². The van der Waals surface area contributed by atoms with Gasteiger partial charge in [-0.1, -0.05) is 42.5 Å². The molecule has 156 valence electrons. The highest BCUT2D eigenvalue weighted by molar-refractivity contribution is 7.15. The number of aryl methyl sites for hydroxylation is 3. The maximum Gasteiger partial charge on any atom is 0.225 e. The van der Waals surface area contributed by atoms with E-state index in [1.54, 1.807) is 11.3 Å². The van der Waals surface area contributed by atoms with E-state index < -0.39 is 0 Å². The Balaban J connectivity index is 0.00000256. The topological polar surface area (TPSA) is 46.4 Å². The summed E-state index contributed by atoms with van der Waals surface area (Å²) >= 11 is 1.58. The summed E-state index contributed by atoms with van der Waals surface area (Å²) in [5.41, 5.74) is 6.88. The molecular weight excluding hydrogens is 414 g/mol. The lowest BCUT2D eigenvalue weighted by atomic mass is 10.0. The van der Waals surface area contributed by atoms with E-state index in [1.165, 1.54) is 16.7 Å². The molecule has 4 rings (SSSR count). The van der Waals surface area contributed by atoms with Crippen LogP contribution in [0.3, 0.4) is 0 Å². The van der Waals surface area contributed by atoms with Crippen molar-refractivity contribution >= 4 is 34.6 Å². The van der Waals surface area contributed by atoms with Crippen molar-refractivity contribution in [2.75, 3.05) is 6.54 Å². The van der Waals surface area contributed by atoms with Crippen molar-refractivity contribution in [3.63, 3.8) is 0 Å². The van der Waals surface area contributed by atoms with Gasteiger partial charge in [0.05, 0.1) is 12.1 Å². The molecule has 0 aliphatic rings. The number of nitrogens with one attached hydrogen (secondary N) is 1. The summed E-state index contributed by atoms with van der Waals surface area (Å²) in [6.07, 6.45) is 4.32. The van der Waals surface area contributed by atoms with Crippen molar-refractivity contribution in [3.05, 3.63) is 82.5 Å². The van der Waals surface area contributed by atoms with Crippen LogP contribution in [-0.2, 0) is 17.6 Å². The van der Waals surface area contributed by atoms with Gasteiger partial charge in [-0.25, -0.2) is 4.98 Å². The van der Waals surface area contributed by atoms with Gasteiger partial charge in [0.15, 0.2) is 4.96 Å². The molecule has 2 heterocycles. The molecule has 1 amide bonds. The number of nitrogens with zero attached hydrogens (tertiary/aromatic N) is 2. The molecule has 0 spiro atoms. The Morgan fingerprint density at radius 2 is 1.90 bits per heavy atom. The highest BCUT2D eigenvalue weighted by atomic mass is 35.5. The lowest BCUT2D eigenvalue weighted by Gasteiger charge is -2.05. The molecule has 4 aromatic rings. The van der Waals surface area contributed by atoms with Crippen LogP contribution in [0.5, 0.6) is 0 Å². The Kier molecular flexibility index (Phi) is 7.29. The molecule has 0 radical (unpaired) electrons. The SMILES string of the molecule is Cc1ccc(-c2cn3c(CC(=O)NCCCc4ccccc4)csc3n2)cc1C.Cl. The summed E-state index contributed by atoms with van der Waals surface area (Å²) in [6, 6.07) is 16.8. The zero-order chi connectivity index (χ0) is 20.2. The quantitative estimate of drug-likeness (QED) is 0.392. The van der Waals surface area contributed by atoms with Crippen LogP contribution in [0.2, 0.25) is 0 Å². The molecule has 0 saturated heterocycles. The molecule has 0 atom stereocenters. The second-order valence-corrected chi connectivity index (χ2v) is 8.26. The number of thiazole rings is 1. The maximum atomic E-state index is 12.4. The van der Waals surface area contributed by atoms with E-state index in [0.29, 0.717) is 13.0 Å². The number of hydrogen-bond acceptors (Lipinski definition) is 3. The number of halogens is 1. The van der Waals surface area contributed by atoms with Gasteiger partial charge in [0.25, 0.3) is 0 Å². The molecule has 1 N–H and O–H groups in total. The molecule has 2 aromatic heterocycles. The predicted octanol–water partition coefficient (Wildman–Crippen LogP) is 5.39. The first-order valence-electron chi connectivity index (χ1n) is 9.94. The van der Waals surface area contributed by atoms with E-state index in [-0.39, 0.29) is 18.3 Å². The Bertz CT molecular complexity index is 1130. The standard InChI is InChI=1S/C24H25N3OS.ClH/c1-17-10-11-20(13-18(17)2)22-15-27-21(16-29-24(27)26-22)14-23(28)25-12-6-9-19-7-4-3-5-8-19;/h3-5,7-8,10-11,13,15-16H,6,9,12,14H2,1-2H3,(H,25,28);1H. The van der Waals surface area contributed by atoms with Crippen LogP contribution in [0.1, 0.15) is 28.8 Å². The Morgan fingerprint density at radius 3 is 2.67 bits per heavy atom. The predicted molar refractivity (Wildman–Crippen MR) is 127 cm³/mol. The Morgan fingerprint density at radius 1 is 1.10 bits per heavy atom. The van der Waals surface area contributed by atoms with Crippen LogP contribution in [0.25, 0.3) is 16.2 Å². The highest BCUT2D eigenvalue weighted by Crippen LogP contribution is 2.25. The van der Waals surface area contributed by atoms with E-state index in [2.05, 4.69) is 49.5 Å². The Labute approximate surface area is 187 Å². The minimum absolute atomic E-state index is 0. The van der Waals surface area contributed by atoms with Crippen molar-refractivity contribution in [1.29, 1.82) is 0 Å². The molecule has 4 nitrogen and oxygen atoms in total. The third-order valence-corrected chi connectivity index (χ3v) is 6.12. The molecule has 0 aliphatic carbocycles. The first kappa shape index (κ1) is 22.1. The molecule has 30 heavy (non-hydrogen) atoms. The van der Waals surface area contributed by atoms with E-state index in [1.807, 2.05) is 34.2 Å². The van der Waals surface area contributed by atoms with Gasteiger partial charge in [0.1, 0.15) is 0 Å². The van der Waals surface area contributed by atoms with Crippen LogP contribution in [0.15, 0.2) is 60.1 Å². The lowest BCUT2D eigenvalue weighted by Crippen LogP contribution is -2.26. The van der Waals surface area contributed by atoms with E-state index in [0.717, 1.165) is 34.8 Å². The van der Waals surface area contributed by atoms with Crippen molar-refractivity contribution in [3.8, 4) is 11.3 Å². The van der Waals surface area contributed by atoms with Crippen molar-refractivity contribution in [1.82, 2.24) is 14.7 Å². The lowest BCUT2D eigenvalue weighted by molar-refractivity contribution is -0.120. The van der Waals surface area contributed by atoms with Gasteiger partial charge in [-0.15, -0.1) is 23.7 Å². The number of rotatable bonds is 7. The summed E-state index contributed by atoms with van der Waals surface area (Å²) in [5.74, 6) is 0.0548. The average Bonchev–Trinajstić information content (AvgIpc) is 3.30. The molecule has 0 saturated carbocycles. The van der Waals surface area contributed by atoms with Crippen molar-refractivity contribution in [2.45, 2.75) is 33.1 Å². The number of hydrogen-bond donors (Lipinski definition) is 1. The third-order valence-electron chi connectivity index (χ3n) is 5.23. The molecule has 0 aliphatic heterocycles. The average molecular weight is 440 g/mol. The Hall–Kier alpha value is -2.63. The number of carbonyl (C=O) groups is 1. The fraction of sp³-hybridized carbons (Fsp3) is 0.250. The van der Waals surface area contributed by atoms with Crippen LogP contribution >= 0.6 is 23.7 Å². The first-order chi connectivity index (χ1) is 14.1. The van der Waals surface area contributed by atoms with Gasteiger partial charge < -0.3 is 5.32 Å². The summed E-state index contributed by atoms with van der Waals surface area (Å²) < 4.78 is 2.04. The molecule has 0 fully saturated rings. The smallest absolute Gasteiger partial charge is 0.225 e. The van der Waals surface area contributed by atoms with Gasteiger partial charge in [-0.2, -0.15) is 0 Å². The largest absolute Gasteiger partial charge is 0.356 e. The fourth-order valence-corrected chi connectivity index (χ4v) is 4.26. The highest BCUT2D eigenvalue weighted by Gasteiger charge is 2.13. The van der Waals surface area contributed by atoms with Crippen LogP contribution in [0.4, 0.5) is 0 Å². The van der Waals surface area contributed by atoms with Gasteiger partial charge in [-0.05, 0) is 49.4 Å². The normalized spacial score (nSPS) is 10.7. The van der Waals surface area contributed by atoms with Crippen LogP contribution < -0.4 is 5.32 Å². The zero-order valence-corrected chi connectivity index (χ0v) is 18.9. The minimum Gasteiger partial charge on any atom is -0.356 e. The maximum absolute atomic E-state index is 12.4. The van der Waals surface area contributed by atoms with Gasteiger partial charge >= 0.3 is 0 Å². The minimum atomic E-state index is 0. The zero-order valence-electron chi connectivity index (χ0n) is 17.2.